The Kier molecular flexibility index (Phi) is 6.31. The maximum atomic E-state index is 13.1. The van der Waals surface area contributed by atoms with Gasteiger partial charge in [0.25, 0.3) is 11.5 Å². The SMILES string of the molecule is COc1ccccc1C=C1SC(=S)N(CCC(=O)N2C[C@@H]3C[C@@H](C2)c2cccc(=O)n2C3)C1=O. The molecule has 3 aliphatic heterocycles. The molecule has 0 spiro atoms. The number of amides is 2. The van der Waals surface area contributed by atoms with Gasteiger partial charge in [-0.15, -0.1) is 0 Å². The number of carbonyl (C=O) groups is 2. The summed E-state index contributed by atoms with van der Waals surface area (Å²) in [7, 11) is 1.59. The summed E-state index contributed by atoms with van der Waals surface area (Å²) in [6.07, 6.45) is 3.00. The van der Waals surface area contributed by atoms with Crippen molar-refractivity contribution in [1.29, 1.82) is 0 Å². The van der Waals surface area contributed by atoms with E-state index in [-0.39, 0.29) is 42.2 Å². The van der Waals surface area contributed by atoms with Crippen LogP contribution in [0.2, 0.25) is 0 Å². The van der Waals surface area contributed by atoms with E-state index in [1.807, 2.05) is 39.8 Å². The Morgan fingerprint density at radius 3 is 2.79 bits per heavy atom. The third-order valence-electron chi connectivity index (χ3n) is 6.68. The molecule has 0 unspecified atom stereocenters. The molecule has 1 aromatic carbocycles. The highest BCUT2D eigenvalue weighted by Crippen LogP contribution is 2.36. The van der Waals surface area contributed by atoms with Crippen molar-refractivity contribution in [3.05, 3.63) is 69.0 Å². The van der Waals surface area contributed by atoms with Crippen LogP contribution in [0.1, 0.15) is 30.0 Å². The second kappa shape index (κ2) is 9.38. The number of hydrogen-bond acceptors (Lipinski definition) is 6. The van der Waals surface area contributed by atoms with E-state index in [9.17, 15) is 14.4 Å². The van der Waals surface area contributed by atoms with Gasteiger partial charge in [-0.25, -0.2) is 0 Å². The number of aromatic nitrogens is 1. The molecule has 3 aliphatic rings. The summed E-state index contributed by atoms with van der Waals surface area (Å²) in [6.45, 7) is 2.15. The van der Waals surface area contributed by atoms with E-state index in [1.54, 1.807) is 25.3 Å². The van der Waals surface area contributed by atoms with Gasteiger partial charge in [0.1, 0.15) is 10.1 Å². The fourth-order valence-corrected chi connectivity index (χ4v) is 6.38. The molecule has 5 rings (SSSR count). The summed E-state index contributed by atoms with van der Waals surface area (Å²) in [6, 6.07) is 12.9. The van der Waals surface area contributed by atoms with Gasteiger partial charge in [-0.1, -0.05) is 48.2 Å². The number of likely N-dealkylation sites (tertiary alicyclic amines) is 1. The second-order valence-corrected chi connectivity index (χ2v) is 10.5. The van der Waals surface area contributed by atoms with Gasteiger partial charge in [0.05, 0.1) is 12.0 Å². The monoisotopic (exact) mass is 495 g/mol. The predicted octanol–water partition coefficient (Wildman–Crippen LogP) is 3.09. The quantitative estimate of drug-likeness (QED) is 0.469. The van der Waals surface area contributed by atoms with Crippen LogP contribution in [0, 0.1) is 5.92 Å². The summed E-state index contributed by atoms with van der Waals surface area (Å²) in [5.41, 5.74) is 1.85. The van der Waals surface area contributed by atoms with Crippen molar-refractivity contribution < 1.29 is 14.3 Å². The highest BCUT2D eigenvalue weighted by Gasteiger charge is 2.37. The van der Waals surface area contributed by atoms with Crippen LogP contribution in [0.5, 0.6) is 5.75 Å². The minimum absolute atomic E-state index is 0.0178. The van der Waals surface area contributed by atoms with Crippen LogP contribution < -0.4 is 10.3 Å². The Bertz CT molecular complexity index is 1250. The fraction of sp³-hybridized carbons (Fsp3) is 0.360. The first-order valence-corrected chi connectivity index (χ1v) is 12.5. The van der Waals surface area contributed by atoms with Gasteiger partial charge in [-0.3, -0.25) is 19.3 Å². The summed E-state index contributed by atoms with van der Waals surface area (Å²) < 4.78 is 7.69. The van der Waals surface area contributed by atoms with E-state index in [0.717, 1.165) is 17.7 Å². The van der Waals surface area contributed by atoms with Crippen LogP contribution in [0.15, 0.2) is 52.2 Å². The molecule has 0 N–H and O–H groups in total. The molecule has 0 saturated carbocycles. The molecule has 2 saturated heterocycles. The topological polar surface area (TPSA) is 71.8 Å². The fourth-order valence-electron chi connectivity index (χ4n) is 5.09. The molecule has 4 heterocycles. The molecule has 1 aromatic heterocycles. The van der Waals surface area contributed by atoms with Crippen molar-refractivity contribution in [1.82, 2.24) is 14.4 Å². The largest absolute Gasteiger partial charge is 0.496 e. The highest BCUT2D eigenvalue weighted by atomic mass is 32.2. The van der Waals surface area contributed by atoms with Crippen LogP contribution in [0.4, 0.5) is 0 Å². The Balaban J connectivity index is 1.24. The first-order chi connectivity index (χ1) is 16.4. The number of ether oxygens (including phenoxy) is 1. The highest BCUT2D eigenvalue weighted by molar-refractivity contribution is 8.26. The van der Waals surface area contributed by atoms with Crippen molar-refractivity contribution in [3.8, 4) is 5.75 Å². The van der Waals surface area contributed by atoms with Gasteiger partial charge in [0, 0.05) is 55.8 Å². The van der Waals surface area contributed by atoms with Crippen molar-refractivity contribution in [2.45, 2.75) is 25.3 Å². The number of pyridine rings is 1. The van der Waals surface area contributed by atoms with Crippen molar-refractivity contribution in [2.24, 2.45) is 5.92 Å². The third-order valence-corrected chi connectivity index (χ3v) is 8.06. The number of thioether (sulfide) groups is 1. The van der Waals surface area contributed by atoms with Gasteiger partial charge < -0.3 is 14.2 Å². The van der Waals surface area contributed by atoms with Crippen LogP contribution in [-0.4, -0.2) is 57.2 Å². The van der Waals surface area contributed by atoms with E-state index in [2.05, 4.69) is 0 Å². The number of fused-ring (bicyclic) bond motifs is 4. The van der Waals surface area contributed by atoms with Crippen molar-refractivity contribution in [3.63, 3.8) is 0 Å². The molecule has 2 amide bonds. The lowest BCUT2D eigenvalue weighted by Gasteiger charge is -2.42. The summed E-state index contributed by atoms with van der Waals surface area (Å²) in [4.78, 5) is 42.2. The summed E-state index contributed by atoms with van der Waals surface area (Å²) in [5, 5.41) is 0. The van der Waals surface area contributed by atoms with Crippen LogP contribution >= 0.6 is 24.0 Å². The molecule has 2 bridgehead atoms. The zero-order valence-electron chi connectivity index (χ0n) is 18.8. The Morgan fingerprint density at radius 2 is 1.97 bits per heavy atom. The average Bonchev–Trinajstić information content (AvgIpc) is 3.10. The van der Waals surface area contributed by atoms with Gasteiger partial charge in [0.15, 0.2) is 0 Å². The Labute approximate surface area is 207 Å². The third kappa shape index (κ3) is 4.30. The van der Waals surface area contributed by atoms with E-state index in [0.29, 0.717) is 34.6 Å². The van der Waals surface area contributed by atoms with Crippen LogP contribution in [-0.2, 0) is 16.1 Å². The lowest BCUT2D eigenvalue weighted by atomic mass is 9.83. The molecule has 0 aliphatic carbocycles. The molecule has 0 radical (unpaired) electrons. The zero-order chi connectivity index (χ0) is 23.8. The molecular formula is C25H25N3O4S2. The molecular weight excluding hydrogens is 470 g/mol. The van der Waals surface area contributed by atoms with E-state index in [1.165, 1.54) is 16.7 Å². The number of carbonyl (C=O) groups excluding carboxylic acids is 2. The number of benzene rings is 1. The average molecular weight is 496 g/mol. The number of thiocarbonyl (C=S) groups is 1. The van der Waals surface area contributed by atoms with Crippen molar-refractivity contribution >= 4 is 46.2 Å². The standard InChI is InChI=1S/C25H25N3O4S2/c1-32-20-7-3-2-5-17(20)12-21-24(31)27(25(33)34-21)10-9-22(29)26-13-16-11-18(15-26)19-6-4-8-23(30)28(19)14-16/h2-8,12,16,18H,9-11,13-15H2,1H3/t16-,18-/m0/s1. The van der Waals surface area contributed by atoms with Gasteiger partial charge in [0.2, 0.25) is 5.91 Å². The first-order valence-electron chi connectivity index (χ1n) is 11.3. The first kappa shape index (κ1) is 22.9. The van der Waals surface area contributed by atoms with E-state index >= 15 is 0 Å². The molecule has 7 nitrogen and oxygen atoms in total. The Hall–Kier alpha value is -2.91. The van der Waals surface area contributed by atoms with Gasteiger partial charge in [-0.05, 0) is 30.5 Å². The molecule has 2 aromatic rings. The Morgan fingerprint density at radius 1 is 1.15 bits per heavy atom. The van der Waals surface area contributed by atoms with Gasteiger partial charge in [-0.2, -0.15) is 0 Å². The maximum Gasteiger partial charge on any atom is 0.266 e. The van der Waals surface area contributed by atoms with Crippen molar-refractivity contribution in [2.75, 3.05) is 26.7 Å². The smallest absolute Gasteiger partial charge is 0.266 e. The number of hydrogen-bond donors (Lipinski definition) is 0. The molecule has 176 valence electrons. The van der Waals surface area contributed by atoms with E-state index in [4.69, 9.17) is 17.0 Å². The number of piperidine rings is 1. The van der Waals surface area contributed by atoms with Crippen LogP contribution in [0.25, 0.3) is 6.08 Å². The number of rotatable bonds is 5. The van der Waals surface area contributed by atoms with Crippen LogP contribution in [0.3, 0.4) is 0 Å². The molecule has 2 atom stereocenters. The zero-order valence-corrected chi connectivity index (χ0v) is 20.4. The predicted molar refractivity (Wildman–Crippen MR) is 136 cm³/mol. The minimum Gasteiger partial charge on any atom is -0.496 e. The lowest BCUT2D eigenvalue weighted by Crippen LogP contribution is -2.49. The second-order valence-electron chi connectivity index (χ2n) is 8.82. The van der Waals surface area contributed by atoms with E-state index < -0.39 is 0 Å². The minimum atomic E-state index is -0.183. The number of para-hydroxylation sites is 1. The summed E-state index contributed by atoms with van der Waals surface area (Å²) >= 11 is 6.69. The molecule has 2 fully saturated rings. The number of methoxy groups -OCH3 is 1. The van der Waals surface area contributed by atoms with Gasteiger partial charge >= 0.3 is 0 Å². The molecule has 34 heavy (non-hydrogen) atoms. The maximum absolute atomic E-state index is 13.1. The molecule has 9 heteroatoms. The summed E-state index contributed by atoms with van der Waals surface area (Å²) in [5.74, 6) is 0.964. The number of nitrogens with zero attached hydrogens (tertiary/aromatic N) is 3. The normalized spacial score (nSPS) is 22.8. The lowest BCUT2D eigenvalue weighted by molar-refractivity contribution is -0.134.